The summed E-state index contributed by atoms with van der Waals surface area (Å²) in [6.45, 7) is 4.79. The van der Waals surface area contributed by atoms with Gasteiger partial charge in [-0.2, -0.15) is 0 Å². The van der Waals surface area contributed by atoms with Crippen molar-refractivity contribution in [3.63, 3.8) is 0 Å². The third kappa shape index (κ3) is 5.48. The first-order valence-electron chi connectivity index (χ1n) is 8.15. The molecule has 2 rings (SSSR count). The first-order valence-corrected chi connectivity index (χ1v) is 10.9. The van der Waals surface area contributed by atoms with E-state index in [1.165, 1.54) is 23.9 Å². The standard InChI is InChI=1S/C17H24FNO3S2/c1-13(2)12-24(21,22)16-7-9-19(10-8-16)17(20)11-23-15-5-3-14(18)4-6-15/h3-6,13,16H,7-12H2,1-2H3. The van der Waals surface area contributed by atoms with Gasteiger partial charge < -0.3 is 4.90 Å². The van der Waals surface area contributed by atoms with Crippen molar-refractivity contribution in [1.82, 2.24) is 4.90 Å². The maximum atomic E-state index is 12.9. The van der Waals surface area contributed by atoms with Crippen LogP contribution in [0, 0.1) is 11.7 Å². The second-order valence-electron chi connectivity index (χ2n) is 6.55. The van der Waals surface area contributed by atoms with Crippen LogP contribution in [-0.4, -0.2) is 49.1 Å². The zero-order valence-corrected chi connectivity index (χ0v) is 15.7. The van der Waals surface area contributed by atoms with Crippen molar-refractivity contribution in [3.8, 4) is 0 Å². The summed E-state index contributed by atoms with van der Waals surface area (Å²) < 4.78 is 37.4. The number of carbonyl (C=O) groups excluding carboxylic acids is 1. The minimum atomic E-state index is -3.07. The number of nitrogens with zero attached hydrogens (tertiary/aromatic N) is 1. The lowest BCUT2D eigenvalue weighted by Crippen LogP contribution is -2.44. The van der Waals surface area contributed by atoms with Crippen molar-refractivity contribution in [2.45, 2.75) is 36.8 Å². The molecule has 1 amide bonds. The number of piperidine rings is 1. The molecule has 1 fully saturated rings. The van der Waals surface area contributed by atoms with E-state index in [9.17, 15) is 17.6 Å². The number of benzene rings is 1. The SMILES string of the molecule is CC(C)CS(=O)(=O)C1CCN(C(=O)CSc2ccc(F)cc2)CC1. The van der Waals surface area contributed by atoms with Crippen molar-refractivity contribution in [3.05, 3.63) is 30.1 Å². The quantitative estimate of drug-likeness (QED) is 0.720. The van der Waals surface area contributed by atoms with E-state index in [1.54, 1.807) is 17.0 Å². The van der Waals surface area contributed by atoms with Gasteiger partial charge in [-0.3, -0.25) is 4.79 Å². The van der Waals surface area contributed by atoms with E-state index in [1.807, 2.05) is 13.8 Å². The van der Waals surface area contributed by atoms with Gasteiger partial charge in [-0.25, -0.2) is 12.8 Å². The van der Waals surface area contributed by atoms with Crippen LogP contribution in [0.5, 0.6) is 0 Å². The van der Waals surface area contributed by atoms with E-state index in [-0.39, 0.29) is 34.4 Å². The van der Waals surface area contributed by atoms with Crippen LogP contribution in [0.1, 0.15) is 26.7 Å². The van der Waals surface area contributed by atoms with Gasteiger partial charge in [0.05, 0.1) is 16.8 Å². The lowest BCUT2D eigenvalue weighted by atomic mass is 10.1. The summed E-state index contributed by atoms with van der Waals surface area (Å²) in [6.07, 6.45) is 1.03. The third-order valence-corrected chi connectivity index (χ3v) is 7.66. The monoisotopic (exact) mass is 373 g/mol. The van der Waals surface area contributed by atoms with E-state index in [0.29, 0.717) is 25.9 Å². The first-order chi connectivity index (χ1) is 11.3. The van der Waals surface area contributed by atoms with Gasteiger partial charge in [0.2, 0.25) is 5.91 Å². The third-order valence-electron chi connectivity index (χ3n) is 4.04. The van der Waals surface area contributed by atoms with Crippen LogP contribution in [0.3, 0.4) is 0 Å². The topological polar surface area (TPSA) is 54.5 Å². The Labute approximate surface area is 147 Å². The van der Waals surface area contributed by atoms with Crippen LogP contribution in [0.25, 0.3) is 0 Å². The van der Waals surface area contributed by atoms with Gasteiger partial charge in [-0.15, -0.1) is 11.8 Å². The zero-order chi connectivity index (χ0) is 17.7. The zero-order valence-electron chi connectivity index (χ0n) is 14.1. The van der Waals surface area contributed by atoms with Gasteiger partial charge >= 0.3 is 0 Å². The Morgan fingerprint density at radius 3 is 2.38 bits per heavy atom. The number of hydrogen-bond acceptors (Lipinski definition) is 4. The molecule has 1 heterocycles. The molecule has 1 saturated heterocycles. The van der Waals surface area contributed by atoms with E-state index >= 15 is 0 Å². The Kier molecular flexibility index (Phi) is 6.69. The minimum Gasteiger partial charge on any atom is -0.342 e. The molecule has 1 aromatic carbocycles. The maximum absolute atomic E-state index is 12.9. The molecule has 0 aromatic heterocycles. The van der Waals surface area contributed by atoms with Crippen LogP contribution in [0.15, 0.2) is 29.2 Å². The normalized spacial score (nSPS) is 16.6. The Bertz CT molecular complexity index is 651. The van der Waals surface area contributed by atoms with Crippen molar-refractivity contribution < 1.29 is 17.6 Å². The van der Waals surface area contributed by atoms with Gasteiger partial charge in [0.15, 0.2) is 9.84 Å². The number of hydrogen-bond donors (Lipinski definition) is 0. The summed E-state index contributed by atoms with van der Waals surface area (Å²) in [5.74, 6) is 0.335. The lowest BCUT2D eigenvalue weighted by molar-refractivity contribution is -0.129. The molecule has 0 saturated carbocycles. The molecule has 24 heavy (non-hydrogen) atoms. The number of rotatable bonds is 6. The van der Waals surface area contributed by atoms with Crippen molar-refractivity contribution >= 4 is 27.5 Å². The smallest absolute Gasteiger partial charge is 0.232 e. The highest BCUT2D eigenvalue weighted by Crippen LogP contribution is 2.23. The highest BCUT2D eigenvalue weighted by atomic mass is 32.2. The van der Waals surface area contributed by atoms with Gasteiger partial charge in [0.25, 0.3) is 0 Å². The largest absolute Gasteiger partial charge is 0.342 e. The molecule has 0 unspecified atom stereocenters. The van der Waals surface area contributed by atoms with Crippen LogP contribution in [-0.2, 0) is 14.6 Å². The molecule has 134 valence electrons. The molecule has 0 bridgehead atoms. The fourth-order valence-corrected chi connectivity index (χ4v) is 5.76. The van der Waals surface area contributed by atoms with Crippen molar-refractivity contribution in [1.29, 1.82) is 0 Å². The summed E-state index contributed by atoms with van der Waals surface area (Å²) >= 11 is 1.37. The number of likely N-dealkylation sites (tertiary alicyclic amines) is 1. The molecule has 0 radical (unpaired) electrons. The number of amides is 1. The van der Waals surface area contributed by atoms with Crippen LogP contribution in [0.4, 0.5) is 4.39 Å². The van der Waals surface area contributed by atoms with Gasteiger partial charge in [0, 0.05) is 18.0 Å². The molecule has 0 N–H and O–H groups in total. The Morgan fingerprint density at radius 1 is 1.25 bits per heavy atom. The van der Waals surface area contributed by atoms with Crippen LogP contribution in [0.2, 0.25) is 0 Å². The highest BCUT2D eigenvalue weighted by molar-refractivity contribution is 8.00. The summed E-state index contributed by atoms with van der Waals surface area (Å²) in [5, 5.41) is -0.325. The maximum Gasteiger partial charge on any atom is 0.232 e. The molecule has 0 spiro atoms. The van der Waals surface area contributed by atoms with E-state index in [4.69, 9.17) is 0 Å². The average Bonchev–Trinajstić information content (AvgIpc) is 2.53. The number of sulfone groups is 1. The molecule has 0 atom stereocenters. The first kappa shape index (κ1) is 19.2. The minimum absolute atomic E-state index is 0.00373. The van der Waals surface area contributed by atoms with Crippen molar-refractivity contribution in [2.24, 2.45) is 5.92 Å². The predicted molar refractivity (Wildman–Crippen MR) is 95.4 cm³/mol. The van der Waals surface area contributed by atoms with E-state index < -0.39 is 9.84 Å². The molecule has 1 aromatic rings. The molecular weight excluding hydrogens is 349 g/mol. The van der Waals surface area contributed by atoms with Crippen LogP contribution < -0.4 is 0 Å². The van der Waals surface area contributed by atoms with E-state index in [2.05, 4.69) is 0 Å². The Morgan fingerprint density at radius 2 is 1.83 bits per heavy atom. The molecule has 7 heteroatoms. The Hall–Kier alpha value is -1.08. The molecular formula is C17H24FNO3S2. The van der Waals surface area contributed by atoms with Gasteiger partial charge in [-0.1, -0.05) is 13.8 Å². The average molecular weight is 374 g/mol. The summed E-state index contributed by atoms with van der Waals surface area (Å²) in [7, 11) is -3.07. The van der Waals surface area contributed by atoms with Crippen LogP contribution >= 0.6 is 11.8 Å². The number of carbonyl (C=O) groups is 1. The summed E-state index contributed by atoms with van der Waals surface area (Å²) in [6, 6.07) is 6.05. The second-order valence-corrected chi connectivity index (χ2v) is 9.92. The number of halogens is 1. The van der Waals surface area contributed by atoms with E-state index in [0.717, 1.165) is 4.90 Å². The predicted octanol–water partition coefficient (Wildman–Crippen LogP) is 2.98. The summed E-state index contributed by atoms with van der Waals surface area (Å²) in [5.41, 5.74) is 0. The second kappa shape index (κ2) is 8.34. The Balaban J connectivity index is 1.81. The van der Waals surface area contributed by atoms with Crippen molar-refractivity contribution in [2.75, 3.05) is 24.6 Å². The fourth-order valence-electron chi connectivity index (χ4n) is 2.83. The van der Waals surface area contributed by atoms with Gasteiger partial charge in [0.1, 0.15) is 5.82 Å². The molecule has 1 aliphatic heterocycles. The molecule has 4 nitrogen and oxygen atoms in total. The molecule has 1 aliphatic rings. The fraction of sp³-hybridized carbons (Fsp3) is 0.588. The molecule has 0 aliphatic carbocycles. The highest BCUT2D eigenvalue weighted by Gasteiger charge is 2.31. The number of thioether (sulfide) groups is 1. The van der Waals surface area contributed by atoms with Gasteiger partial charge in [-0.05, 0) is 43.0 Å². The lowest BCUT2D eigenvalue weighted by Gasteiger charge is -2.32. The summed E-state index contributed by atoms with van der Waals surface area (Å²) in [4.78, 5) is 14.8.